The van der Waals surface area contributed by atoms with E-state index in [4.69, 9.17) is 9.47 Å². The number of aryl methyl sites for hydroxylation is 1. The molecule has 2 aliphatic rings. The van der Waals surface area contributed by atoms with E-state index in [-0.39, 0.29) is 18.2 Å². The molecule has 2 N–H and O–H groups in total. The van der Waals surface area contributed by atoms with Crippen molar-refractivity contribution in [3.63, 3.8) is 0 Å². The van der Waals surface area contributed by atoms with Gasteiger partial charge in [0.1, 0.15) is 6.33 Å². The van der Waals surface area contributed by atoms with Gasteiger partial charge >= 0.3 is 0 Å². The maximum Gasteiger partial charge on any atom is 0.220 e. The first-order valence-corrected chi connectivity index (χ1v) is 13.2. The Bertz CT molecular complexity index is 810. The summed E-state index contributed by atoms with van der Waals surface area (Å²) in [6.07, 6.45) is 7.54. The van der Waals surface area contributed by atoms with Crippen molar-refractivity contribution < 1.29 is 17.9 Å². The summed E-state index contributed by atoms with van der Waals surface area (Å²) in [5.41, 5.74) is 2.13. The lowest BCUT2D eigenvalue weighted by atomic mass is 9.82. The van der Waals surface area contributed by atoms with Crippen molar-refractivity contribution in [3.05, 3.63) is 17.6 Å². The predicted molar refractivity (Wildman–Crippen MR) is 121 cm³/mol. The Balaban J connectivity index is 1.53. The second-order valence-electron chi connectivity index (χ2n) is 8.94. The van der Waals surface area contributed by atoms with Crippen LogP contribution in [0.1, 0.15) is 76.5 Å². The van der Waals surface area contributed by atoms with Gasteiger partial charge in [0.25, 0.3) is 0 Å². The summed E-state index contributed by atoms with van der Waals surface area (Å²) in [5.74, 6) is 1.10. The molecule has 8 nitrogen and oxygen atoms in total. The Morgan fingerprint density at radius 2 is 1.94 bits per heavy atom. The van der Waals surface area contributed by atoms with Crippen molar-refractivity contribution in [1.82, 2.24) is 20.0 Å². The lowest BCUT2D eigenvalue weighted by Crippen LogP contribution is -2.56. The van der Waals surface area contributed by atoms with E-state index in [2.05, 4.69) is 20.0 Å². The molecular formula is C22H38N4O4S. The van der Waals surface area contributed by atoms with Crippen LogP contribution in [0.15, 0.2) is 6.33 Å². The maximum absolute atomic E-state index is 12.3. The first kappa shape index (κ1) is 24.4. The highest BCUT2D eigenvalue weighted by Gasteiger charge is 2.32. The van der Waals surface area contributed by atoms with Crippen molar-refractivity contribution in [2.75, 3.05) is 19.8 Å². The van der Waals surface area contributed by atoms with E-state index in [1.165, 1.54) is 0 Å². The first-order chi connectivity index (χ1) is 14.8. The fraction of sp³-hybridized carbons (Fsp3) is 0.818. The Morgan fingerprint density at radius 1 is 1.19 bits per heavy atom. The van der Waals surface area contributed by atoms with Gasteiger partial charge < -0.3 is 14.8 Å². The molecule has 0 unspecified atom stereocenters. The van der Waals surface area contributed by atoms with Crippen molar-refractivity contribution in [2.45, 2.75) is 95.6 Å². The third kappa shape index (κ3) is 6.37. The number of nitrogens with one attached hydrogen (secondary N) is 2. The molecule has 3 rings (SSSR count). The summed E-state index contributed by atoms with van der Waals surface area (Å²) in [6, 6.07) is -0.107. The normalized spacial score (nSPS) is 27.4. The number of sulfonamides is 1. The molecule has 0 spiro atoms. The molecule has 1 aliphatic carbocycles. The third-order valence-electron chi connectivity index (χ3n) is 6.44. The number of aromatic nitrogens is 2. The van der Waals surface area contributed by atoms with Gasteiger partial charge in [-0.2, -0.15) is 0 Å². The average Bonchev–Trinajstić information content (AvgIpc) is 2.74. The monoisotopic (exact) mass is 454 g/mol. The highest BCUT2D eigenvalue weighted by Crippen LogP contribution is 2.38. The summed E-state index contributed by atoms with van der Waals surface area (Å²) in [4.78, 5) is 8.72. The number of nitrogens with zero attached hydrogens (tertiary/aromatic N) is 2. The maximum atomic E-state index is 12.3. The minimum atomic E-state index is -3.29. The summed E-state index contributed by atoms with van der Waals surface area (Å²) < 4.78 is 39.5. The van der Waals surface area contributed by atoms with Crippen molar-refractivity contribution in [1.29, 1.82) is 0 Å². The summed E-state index contributed by atoms with van der Waals surface area (Å²) in [6.45, 7) is 9.43. The number of hydrogen-bond acceptors (Lipinski definition) is 7. The number of hydrogen-bond donors (Lipinski definition) is 2. The summed E-state index contributed by atoms with van der Waals surface area (Å²) in [7, 11) is -3.29. The van der Waals surface area contributed by atoms with Gasteiger partial charge in [-0.3, -0.25) is 0 Å². The minimum Gasteiger partial charge on any atom is -0.478 e. The summed E-state index contributed by atoms with van der Waals surface area (Å²) >= 11 is 0. The lowest BCUT2D eigenvalue weighted by molar-refractivity contribution is 0.00500. The average molecular weight is 455 g/mol. The van der Waals surface area contributed by atoms with Gasteiger partial charge in [0.05, 0.1) is 24.6 Å². The van der Waals surface area contributed by atoms with Crippen LogP contribution in [0.25, 0.3) is 0 Å². The standard InChI is InChI=1S/C22H38N4O4S/c1-5-29-22-21(16(4)24-14-25-22)17-8-10-18(11-9-17)30-13-20-19(7-6-12-23-20)26-31(27,28)15(2)3/h14-15,17-20,23,26H,5-13H2,1-4H3/t17-,18+,19-,20-/m0/s1. The van der Waals surface area contributed by atoms with Gasteiger partial charge in [0, 0.05) is 23.3 Å². The van der Waals surface area contributed by atoms with E-state index in [0.29, 0.717) is 25.0 Å². The molecule has 0 bridgehead atoms. The Morgan fingerprint density at radius 3 is 2.61 bits per heavy atom. The van der Waals surface area contributed by atoms with Crippen LogP contribution in [0.3, 0.4) is 0 Å². The van der Waals surface area contributed by atoms with Crippen LogP contribution in [-0.2, 0) is 14.8 Å². The second kappa shape index (κ2) is 11.0. The van der Waals surface area contributed by atoms with E-state index in [9.17, 15) is 8.42 Å². The molecule has 0 radical (unpaired) electrons. The molecule has 2 heterocycles. The van der Waals surface area contributed by atoms with E-state index < -0.39 is 15.3 Å². The fourth-order valence-corrected chi connectivity index (χ4v) is 5.53. The van der Waals surface area contributed by atoms with Gasteiger partial charge in [-0.15, -0.1) is 0 Å². The molecule has 0 aromatic carbocycles. The zero-order valence-electron chi connectivity index (χ0n) is 19.3. The second-order valence-corrected chi connectivity index (χ2v) is 11.2. The van der Waals surface area contributed by atoms with Crippen LogP contribution in [0.5, 0.6) is 5.88 Å². The third-order valence-corrected chi connectivity index (χ3v) is 8.31. The SMILES string of the molecule is CCOc1ncnc(C)c1[C@H]1CC[C@@H](OC[C@@H]2NCCC[C@@H]2NS(=O)(=O)C(C)C)CC1. The molecule has 2 fully saturated rings. The summed E-state index contributed by atoms with van der Waals surface area (Å²) in [5, 5.41) is 3.02. The van der Waals surface area contributed by atoms with Gasteiger partial charge in [-0.1, -0.05) is 0 Å². The molecule has 1 aromatic rings. The first-order valence-electron chi connectivity index (χ1n) is 11.6. The molecule has 9 heteroatoms. The predicted octanol–water partition coefficient (Wildman–Crippen LogP) is 2.67. The number of piperidine rings is 1. The zero-order chi connectivity index (χ0) is 22.4. The molecule has 1 saturated carbocycles. The minimum absolute atomic E-state index is 0.00863. The highest BCUT2D eigenvalue weighted by atomic mass is 32.2. The van der Waals surface area contributed by atoms with Crippen LogP contribution < -0.4 is 14.8 Å². The van der Waals surface area contributed by atoms with Crippen LogP contribution in [0, 0.1) is 6.92 Å². The molecule has 2 atom stereocenters. The largest absolute Gasteiger partial charge is 0.478 e. The van der Waals surface area contributed by atoms with Crippen LogP contribution >= 0.6 is 0 Å². The van der Waals surface area contributed by atoms with Crippen molar-refractivity contribution in [3.8, 4) is 5.88 Å². The van der Waals surface area contributed by atoms with E-state index in [1.807, 2.05) is 13.8 Å². The van der Waals surface area contributed by atoms with Crippen molar-refractivity contribution in [2.24, 2.45) is 0 Å². The van der Waals surface area contributed by atoms with Crippen LogP contribution in [0.2, 0.25) is 0 Å². The van der Waals surface area contributed by atoms with Gasteiger partial charge in [-0.25, -0.2) is 23.1 Å². The number of ether oxygens (including phenoxy) is 2. The molecule has 1 aliphatic heterocycles. The van der Waals surface area contributed by atoms with Gasteiger partial charge in [0.2, 0.25) is 15.9 Å². The zero-order valence-corrected chi connectivity index (χ0v) is 20.1. The fourth-order valence-electron chi connectivity index (χ4n) is 4.56. The Labute approximate surface area is 187 Å². The van der Waals surface area contributed by atoms with Gasteiger partial charge in [0.15, 0.2) is 0 Å². The van der Waals surface area contributed by atoms with Crippen molar-refractivity contribution >= 4 is 10.0 Å². The topological polar surface area (TPSA) is 102 Å². The Kier molecular flexibility index (Phi) is 8.66. The highest BCUT2D eigenvalue weighted by molar-refractivity contribution is 7.90. The number of rotatable bonds is 9. The molecule has 0 amide bonds. The quantitative estimate of drug-likeness (QED) is 0.591. The van der Waals surface area contributed by atoms with E-state index in [1.54, 1.807) is 20.2 Å². The Hall–Kier alpha value is -1.29. The molecule has 31 heavy (non-hydrogen) atoms. The molecule has 1 aromatic heterocycles. The lowest BCUT2D eigenvalue weighted by Gasteiger charge is -2.35. The van der Waals surface area contributed by atoms with E-state index in [0.717, 1.165) is 56.3 Å². The molecule has 176 valence electrons. The van der Waals surface area contributed by atoms with E-state index >= 15 is 0 Å². The molecule has 1 saturated heterocycles. The van der Waals surface area contributed by atoms with Crippen LogP contribution in [-0.4, -0.2) is 61.6 Å². The van der Waals surface area contributed by atoms with Crippen LogP contribution in [0.4, 0.5) is 0 Å². The van der Waals surface area contributed by atoms with Gasteiger partial charge in [-0.05, 0) is 78.7 Å². The molecular weight excluding hydrogens is 416 g/mol. The smallest absolute Gasteiger partial charge is 0.220 e.